The van der Waals surface area contributed by atoms with Crippen molar-refractivity contribution in [2.45, 2.75) is 0 Å². The molecule has 0 unspecified atom stereocenters. The van der Waals surface area contributed by atoms with Crippen molar-refractivity contribution in [3.05, 3.63) is 130 Å². The number of nitrogens with two attached hydrogens (primary N) is 1. The van der Waals surface area contributed by atoms with Crippen LogP contribution in [0, 0.1) is 0 Å². The molecule has 0 atom stereocenters. The molecule has 214 valence electrons. The second-order valence-electron chi connectivity index (χ2n) is 8.77. The van der Waals surface area contributed by atoms with E-state index < -0.39 is 46.6 Å². The number of nitrogens with zero attached hydrogens (tertiary/aromatic N) is 2. The van der Waals surface area contributed by atoms with E-state index in [1.807, 2.05) is 0 Å². The molecule has 0 aliphatic carbocycles. The van der Waals surface area contributed by atoms with Crippen LogP contribution in [0.5, 0.6) is 11.5 Å². The minimum absolute atomic E-state index is 0.0414. The lowest BCUT2D eigenvalue weighted by molar-refractivity contribution is 0.0598. The maximum atomic E-state index is 13.4. The smallest absolute Gasteiger partial charge is 0.343 e. The first-order valence-electron chi connectivity index (χ1n) is 12.6. The van der Waals surface area contributed by atoms with E-state index in [2.05, 4.69) is 4.98 Å². The average Bonchev–Trinajstić information content (AvgIpc) is 3.56. The summed E-state index contributed by atoms with van der Waals surface area (Å²) in [5.41, 5.74) is 3.33. The normalized spacial score (nSPS) is 10.5. The summed E-state index contributed by atoms with van der Waals surface area (Å²) in [6.07, 6.45) is 3.58. The van der Waals surface area contributed by atoms with E-state index in [4.69, 9.17) is 24.4 Å². The number of hydrogen-bond donors (Lipinski definition) is 1. The standard InChI is InChI=1S/C31H21N3O9/c1-40-31(39)20-17-21(34-15-14-33-24(27(32)35)28(34)36)25(42-29(37)18-9-4-2-5-10-18)26(23(20)22-13-8-16-41-22)43-30(38)19-11-6-3-7-12-19/h2-17H,1H3,(H2,32,35). The summed E-state index contributed by atoms with van der Waals surface area (Å²) < 4.78 is 23.1. The van der Waals surface area contributed by atoms with Crippen LogP contribution in [0.4, 0.5) is 0 Å². The molecule has 2 N–H and O–H groups in total. The lowest BCUT2D eigenvalue weighted by atomic mass is 10.0. The molecule has 3 aromatic carbocycles. The van der Waals surface area contributed by atoms with E-state index >= 15 is 0 Å². The highest BCUT2D eigenvalue weighted by Crippen LogP contribution is 2.46. The molecule has 2 heterocycles. The summed E-state index contributed by atoms with van der Waals surface area (Å²) in [5.74, 6) is -4.69. The molecule has 5 aromatic rings. The van der Waals surface area contributed by atoms with Crippen molar-refractivity contribution >= 4 is 23.8 Å². The number of esters is 3. The number of methoxy groups -OCH3 is 1. The highest BCUT2D eigenvalue weighted by molar-refractivity contribution is 6.03. The summed E-state index contributed by atoms with van der Waals surface area (Å²) in [6, 6.07) is 19.9. The van der Waals surface area contributed by atoms with Crippen molar-refractivity contribution in [3.63, 3.8) is 0 Å². The first-order valence-corrected chi connectivity index (χ1v) is 12.6. The molecule has 0 fully saturated rings. The number of aromatic nitrogens is 2. The molecule has 0 aliphatic rings. The van der Waals surface area contributed by atoms with Crippen molar-refractivity contribution in [2.24, 2.45) is 5.73 Å². The van der Waals surface area contributed by atoms with Crippen LogP contribution >= 0.6 is 0 Å². The zero-order valence-electron chi connectivity index (χ0n) is 22.4. The second-order valence-corrected chi connectivity index (χ2v) is 8.77. The van der Waals surface area contributed by atoms with Gasteiger partial charge in [-0.3, -0.25) is 14.2 Å². The summed E-state index contributed by atoms with van der Waals surface area (Å²) in [6.45, 7) is 0. The van der Waals surface area contributed by atoms with Gasteiger partial charge in [0.15, 0.2) is 17.2 Å². The summed E-state index contributed by atoms with van der Waals surface area (Å²) in [5, 5.41) is 0. The number of furan rings is 1. The molecule has 0 saturated carbocycles. The molecular weight excluding hydrogens is 558 g/mol. The summed E-state index contributed by atoms with van der Waals surface area (Å²) in [4.78, 5) is 69.0. The fourth-order valence-electron chi connectivity index (χ4n) is 4.16. The van der Waals surface area contributed by atoms with Crippen LogP contribution < -0.4 is 20.8 Å². The molecule has 5 rings (SSSR count). The van der Waals surface area contributed by atoms with Crippen molar-refractivity contribution in [3.8, 4) is 28.5 Å². The average molecular weight is 580 g/mol. The van der Waals surface area contributed by atoms with Crippen LogP contribution in [-0.2, 0) is 4.74 Å². The molecule has 0 bridgehead atoms. The first kappa shape index (κ1) is 28.2. The van der Waals surface area contributed by atoms with E-state index in [-0.39, 0.29) is 33.7 Å². The lowest BCUT2D eigenvalue weighted by Gasteiger charge is -2.20. The third-order valence-corrected chi connectivity index (χ3v) is 6.13. The topological polar surface area (TPSA) is 170 Å². The Hall–Kier alpha value is -6.30. The fraction of sp³-hybridized carbons (Fsp3) is 0.0323. The first-order chi connectivity index (χ1) is 20.8. The third-order valence-electron chi connectivity index (χ3n) is 6.13. The predicted molar refractivity (Wildman–Crippen MR) is 150 cm³/mol. The Kier molecular flexibility index (Phi) is 7.92. The largest absolute Gasteiger partial charge is 0.465 e. The molecule has 0 spiro atoms. The van der Waals surface area contributed by atoms with Crippen LogP contribution in [0.2, 0.25) is 0 Å². The Labute approximate surface area is 242 Å². The van der Waals surface area contributed by atoms with E-state index in [0.717, 1.165) is 24.1 Å². The van der Waals surface area contributed by atoms with Gasteiger partial charge in [0.1, 0.15) is 5.76 Å². The van der Waals surface area contributed by atoms with Gasteiger partial charge in [0.05, 0.1) is 41.3 Å². The SMILES string of the molecule is COC(=O)c1cc(-n2ccnc(C(N)=O)c2=O)c(OC(=O)c2ccccc2)c(OC(=O)c2ccccc2)c1-c1ccco1. The van der Waals surface area contributed by atoms with E-state index in [1.165, 1.54) is 48.7 Å². The number of carbonyl (C=O) groups excluding carboxylic acids is 4. The van der Waals surface area contributed by atoms with Gasteiger partial charge in [-0.1, -0.05) is 36.4 Å². The van der Waals surface area contributed by atoms with Gasteiger partial charge in [0.25, 0.3) is 11.5 Å². The van der Waals surface area contributed by atoms with Crippen molar-refractivity contribution in [2.75, 3.05) is 7.11 Å². The van der Waals surface area contributed by atoms with Crippen LogP contribution in [0.1, 0.15) is 41.6 Å². The molecule has 1 amide bonds. The Morgan fingerprint density at radius 1 is 0.814 bits per heavy atom. The van der Waals surface area contributed by atoms with Gasteiger partial charge in [-0.2, -0.15) is 0 Å². The number of amides is 1. The maximum Gasteiger partial charge on any atom is 0.343 e. The van der Waals surface area contributed by atoms with E-state index in [0.29, 0.717) is 0 Å². The molecular formula is C31H21N3O9. The summed E-state index contributed by atoms with van der Waals surface area (Å²) in [7, 11) is 1.12. The number of ether oxygens (including phenoxy) is 3. The number of carbonyl (C=O) groups is 4. The fourth-order valence-corrected chi connectivity index (χ4v) is 4.16. The lowest BCUT2D eigenvalue weighted by Crippen LogP contribution is -2.30. The number of primary amides is 1. The van der Waals surface area contributed by atoms with Gasteiger partial charge in [0, 0.05) is 12.4 Å². The molecule has 12 heteroatoms. The summed E-state index contributed by atoms with van der Waals surface area (Å²) >= 11 is 0. The van der Waals surface area contributed by atoms with Crippen LogP contribution in [0.3, 0.4) is 0 Å². The molecule has 0 saturated heterocycles. The van der Waals surface area contributed by atoms with Crippen molar-refractivity contribution in [1.82, 2.24) is 9.55 Å². The molecule has 12 nitrogen and oxygen atoms in total. The Bertz CT molecular complexity index is 1900. The van der Waals surface area contributed by atoms with Crippen molar-refractivity contribution < 1.29 is 37.8 Å². The van der Waals surface area contributed by atoms with Gasteiger partial charge in [-0.05, 0) is 42.5 Å². The highest BCUT2D eigenvalue weighted by atomic mass is 16.6. The van der Waals surface area contributed by atoms with E-state index in [9.17, 15) is 24.0 Å². The monoisotopic (exact) mass is 579 g/mol. The maximum absolute atomic E-state index is 13.4. The quantitative estimate of drug-likeness (QED) is 0.211. The number of hydrogen-bond acceptors (Lipinski definition) is 10. The van der Waals surface area contributed by atoms with Gasteiger partial charge < -0.3 is 24.4 Å². The molecule has 43 heavy (non-hydrogen) atoms. The number of benzene rings is 3. The Morgan fingerprint density at radius 3 is 1.95 bits per heavy atom. The molecule has 0 aliphatic heterocycles. The zero-order chi connectivity index (χ0) is 30.5. The minimum Gasteiger partial charge on any atom is -0.465 e. The van der Waals surface area contributed by atoms with Gasteiger partial charge in [-0.25, -0.2) is 19.4 Å². The molecule has 2 aromatic heterocycles. The van der Waals surface area contributed by atoms with Gasteiger partial charge in [-0.15, -0.1) is 0 Å². The molecule has 0 radical (unpaired) electrons. The van der Waals surface area contributed by atoms with Crippen LogP contribution in [-0.4, -0.2) is 40.5 Å². The highest BCUT2D eigenvalue weighted by Gasteiger charge is 2.32. The Balaban J connectivity index is 1.87. The van der Waals surface area contributed by atoms with Gasteiger partial charge >= 0.3 is 17.9 Å². The Morgan fingerprint density at radius 2 is 1.42 bits per heavy atom. The van der Waals surface area contributed by atoms with Crippen molar-refractivity contribution in [1.29, 1.82) is 0 Å². The van der Waals surface area contributed by atoms with E-state index in [1.54, 1.807) is 36.4 Å². The second kappa shape index (κ2) is 12.1. The predicted octanol–water partition coefficient (Wildman–Crippen LogP) is 3.82. The van der Waals surface area contributed by atoms with Crippen LogP contribution in [0.25, 0.3) is 17.0 Å². The number of rotatable bonds is 8. The zero-order valence-corrected chi connectivity index (χ0v) is 22.4. The van der Waals surface area contributed by atoms with Crippen LogP contribution in [0.15, 0.2) is 107 Å². The minimum atomic E-state index is -1.13. The van der Waals surface area contributed by atoms with Gasteiger partial charge in [0.2, 0.25) is 0 Å². The third kappa shape index (κ3) is 5.65.